The van der Waals surface area contributed by atoms with Gasteiger partial charge >= 0.3 is 5.97 Å². The van der Waals surface area contributed by atoms with Gasteiger partial charge in [0.05, 0.1) is 17.0 Å². The first-order valence-corrected chi connectivity index (χ1v) is 12.1. The van der Waals surface area contributed by atoms with Gasteiger partial charge in [-0.3, -0.25) is 14.4 Å². The lowest BCUT2D eigenvalue weighted by Gasteiger charge is -2.63. The molecule has 0 aromatic heterocycles. The van der Waals surface area contributed by atoms with Gasteiger partial charge in [0.2, 0.25) is 0 Å². The number of aliphatic hydroxyl groups is 1. The molecule has 182 valence electrons. The van der Waals surface area contributed by atoms with Crippen molar-refractivity contribution in [2.75, 3.05) is 5.88 Å². The van der Waals surface area contributed by atoms with Gasteiger partial charge in [-0.2, -0.15) is 0 Å². The number of hydrogen-bond donors (Lipinski definition) is 1. The van der Waals surface area contributed by atoms with Crippen molar-refractivity contribution in [3.05, 3.63) is 22.8 Å². The van der Waals surface area contributed by atoms with E-state index in [1.807, 2.05) is 0 Å². The number of carbonyl (C=O) groups excluding carboxylic acids is 3. The van der Waals surface area contributed by atoms with Crippen LogP contribution in [-0.2, 0) is 19.1 Å². The molecule has 0 saturated heterocycles. The van der Waals surface area contributed by atoms with Crippen LogP contribution in [0.2, 0.25) is 0 Å². The zero-order valence-corrected chi connectivity index (χ0v) is 20.5. The van der Waals surface area contributed by atoms with Gasteiger partial charge in [0.25, 0.3) is 0 Å². The van der Waals surface area contributed by atoms with Crippen molar-refractivity contribution in [3.8, 4) is 0 Å². The van der Waals surface area contributed by atoms with Crippen molar-refractivity contribution in [2.24, 2.45) is 28.6 Å². The van der Waals surface area contributed by atoms with E-state index in [2.05, 4.69) is 0 Å². The molecule has 9 unspecified atom stereocenters. The molecule has 0 bridgehead atoms. The second kappa shape index (κ2) is 7.59. The summed E-state index contributed by atoms with van der Waals surface area (Å²) in [5, 5.41) is 11.1. The normalized spacial score (nSPS) is 48.8. The first-order valence-electron chi connectivity index (χ1n) is 11.1. The smallest absolute Gasteiger partial charge is 0.303 e. The topological polar surface area (TPSA) is 80.7 Å². The summed E-state index contributed by atoms with van der Waals surface area (Å²) in [5.41, 5.74) is -6.85. The molecule has 3 saturated carbocycles. The fourth-order valence-corrected chi connectivity index (χ4v) is 8.24. The van der Waals surface area contributed by atoms with Crippen molar-refractivity contribution >= 4 is 40.7 Å². The SMILES string of the molecule is CC(=O)OC1(C(=O)CCl)C(C)CC2C3CC(F)C4=CC(=O)C(Cl)=CC4(C)C3(F)C(O)CC21C. The Hall–Kier alpha value is -1.31. The van der Waals surface area contributed by atoms with Crippen LogP contribution in [0, 0.1) is 28.6 Å². The van der Waals surface area contributed by atoms with E-state index in [9.17, 15) is 19.5 Å². The number of halogens is 4. The summed E-state index contributed by atoms with van der Waals surface area (Å²) in [6.45, 7) is 6.08. The molecule has 4 aliphatic rings. The van der Waals surface area contributed by atoms with E-state index in [1.165, 1.54) is 19.9 Å². The summed E-state index contributed by atoms with van der Waals surface area (Å²) in [6, 6.07) is 0. The number of esters is 1. The van der Waals surface area contributed by atoms with Crippen molar-refractivity contribution in [3.63, 3.8) is 0 Å². The van der Waals surface area contributed by atoms with Crippen LogP contribution in [0.5, 0.6) is 0 Å². The molecule has 0 aromatic rings. The second-order valence-electron chi connectivity index (χ2n) is 10.5. The molecule has 1 N–H and O–H groups in total. The number of hydrogen-bond acceptors (Lipinski definition) is 5. The third-order valence-corrected chi connectivity index (χ3v) is 9.61. The minimum absolute atomic E-state index is 0.0348. The number of alkyl halides is 3. The van der Waals surface area contributed by atoms with E-state index in [0.29, 0.717) is 0 Å². The highest BCUT2D eigenvalue weighted by atomic mass is 35.5. The Labute approximate surface area is 201 Å². The maximum absolute atomic E-state index is 17.2. The molecule has 0 aromatic carbocycles. The summed E-state index contributed by atoms with van der Waals surface area (Å²) >= 11 is 12.0. The standard InChI is InChI=1S/C24H28Cl2F2O5/c1-11-5-13-14-6-17(27)15-7-18(30)16(26)8-21(15,3)23(14,28)19(31)9-22(13,4)24(11,20(32)10-25)33-12(2)29/h7-8,11,13-14,17,19,31H,5-6,9-10H2,1-4H3. The average Bonchev–Trinajstić information content (AvgIpc) is 2.93. The van der Waals surface area contributed by atoms with Gasteiger partial charge in [0, 0.05) is 29.6 Å². The molecule has 9 atom stereocenters. The van der Waals surface area contributed by atoms with Gasteiger partial charge in [-0.1, -0.05) is 25.4 Å². The molecule has 9 heteroatoms. The Kier molecular flexibility index (Phi) is 5.71. The van der Waals surface area contributed by atoms with Crippen LogP contribution in [-0.4, -0.2) is 52.1 Å². The minimum atomic E-state index is -2.34. The fourth-order valence-electron chi connectivity index (χ4n) is 7.77. The Morgan fingerprint density at radius 2 is 1.91 bits per heavy atom. The van der Waals surface area contributed by atoms with Gasteiger partial charge in [-0.05, 0) is 49.8 Å². The first kappa shape index (κ1) is 24.8. The molecule has 4 rings (SSSR count). The Bertz CT molecular complexity index is 997. The number of carbonyl (C=O) groups is 3. The number of rotatable bonds is 3. The molecular weight excluding hydrogens is 477 g/mol. The van der Waals surface area contributed by atoms with Gasteiger partial charge in [0.1, 0.15) is 6.17 Å². The maximum atomic E-state index is 17.2. The molecule has 5 nitrogen and oxygen atoms in total. The lowest BCUT2D eigenvalue weighted by molar-refractivity contribution is -0.229. The van der Waals surface area contributed by atoms with Crippen LogP contribution < -0.4 is 0 Å². The Balaban J connectivity index is 1.91. The molecule has 0 aliphatic heterocycles. The zero-order valence-electron chi connectivity index (χ0n) is 19.0. The van der Waals surface area contributed by atoms with Crippen LogP contribution in [0.25, 0.3) is 0 Å². The number of aliphatic hydroxyl groups excluding tert-OH is 1. The number of Topliss-reactive ketones (excluding diaryl/α,β-unsaturated/α-hetero) is 1. The van der Waals surface area contributed by atoms with Crippen molar-refractivity contribution in [2.45, 2.75) is 70.5 Å². The number of ketones is 2. The lowest BCUT2D eigenvalue weighted by atomic mass is 9.44. The molecule has 0 heterocycles. The molecule has 0 amide bonds. The molecular formula is C24H28Cl2F2O5. The molecule has 0 radical (unpaired) electrons. The van der Waals surface area contributed by atoms with Gasteiger partial charge < -0.3 is 9.84 Å². The minimum Gasteiger partial charge on any atom is -0.450 e. The van der Waals surface area contributed by atoms with Crippen molar-refractivity contribution < 1.29 is 33.0 Å². The monoisotopic (exact) mass is 504 g/mol. The van der Waals surface area contributed by atoms with E-state index in [-0.39, 0.29) is 29.9 Å². The summed E-state index contributed by atoms with van der Waals surface area (Å²) in [6.07, 6.45) is -1.20. The van der Waals surface area contributed by atoms with Crippen LogP contribution in [0.15, 0.2) is 22.8 Å². The quantitative estimate of drug-likeness (QED) is 0.459. The highest BCUT2D eigenvalue weighted by Gasteiger charge is 2.78. The summed E-state index contributed by atoms with van der Waals surface area (Å²) < 4.78 is 38.5. The summed E-state index contributed by atoms with van der Waals surface area (Å²) in [7, 11) is 0. The van der Waals surface area contributed by atoms with Crippen LogP contribution in [0.1, 0.15) is 47.0 Å². The van der Waals surface area contributed by atoms with Crippen molar-refractivity contribution in [1.82, 2.24) is 0 Å². The first-order chi connectivity index (χ1) is 15.2. The summed E-state index contributed by atoms with van der Waals surface area (Å²) in [5.74, 6) is -4.33. The second-order valence-corrected chi connectivity index (χ2v) is 11.2. The third kappa shape index (κ3) is 2.88. The highest BCUT2D eigenvalue weighted by molar-refractivity contribution is 6.44. The lowest BCUT2D eigenvalue weighted by Crippen LogP contribution is -2.71. The van der Waals surface area contributed by atoms with Crippen molar-refractivity contribution in [1.29, 1.82) is 0 Å². The van der Waals surface area contributed by atoms with E-state index < -0.39 is 75.5 Å². The van der Waals surface area contributed by atoms with Gasteiger partial charge in [0.15, 0.2) is 22.8 Å². The zero-order chi connectivity index (χ0) is 24.7. The predicted molar refractivity (Wildman–Crippen MR) is 118 cm³/mol. The largest absolute Gasteiger partial charge is 0.450 e. The molecule has 4 aliphatic carbocycles. The number of fused-ring (bicyclic) bond motifs is 5. The van der Waals surface area contributed by atoms with Crippen LogP contribution >= 0.6 is 23.2 Å². The Morgan fingerprint density at radius 1 is 1.27 bits per heavy atom. The van der Waals surface area contributed by atoms with E-state index in [4.69, 9.17) is 27.9 Å². The number of ether oxygens (including phenoxy) is 1. The molecule has 33 heavy (non-hydrogen) atoms. The molecule has 0 spiro atoms. The highest BCUT2D eigenvalue weighted by Crippen LogP contribution is 2.71. The summed E-state index contributed by atoms with van der Waals surface area (Å²) in [4.78, 5) is 37.4. The van der Waals surface area contributed by atoms with E-state index in [1.54, 1.807) is 13.8 Å². The van der Waals surface area contributed by atoms with E-state index in [0.717, 1.165) is 6.08 Å². The maximum Gasteiger partial charge on any atom is 0.303 e. The fraction of sp³-hybridized carbons (Fsp3) is 0.708. The van der Waals surface area contributed by atoms with Gasteiger partial charge in [-0.25, -0.2) is 8.78 Å². The Morgan fingerprint density at radius 3 is 2.48 bits per heavy atom. The van der Waals surface area contributed by atoms with Crippen LogP contribution in [0.3, 0.4) is 0 Å². The van der Waals surface area contributed by atoms with Gasteiger partial charge in [-0.15, -0.1) is 11.6 Å². The average molecular weight is 505 g/mol. The van der Waals surface area contributed by atoms with E-state index >= 15 is 8.78 Å². The van der Waals surface area contributed by atoms with Crippen LogP contribution in [0.4, 0.5) is 8.78 Å². The number of allylic oxidation sites excluding steroid dienone is 4. The predicted octanol–water partition coefficient (Wildman–Crippen LogP) is 4.23. The molecule has 3 fully saturated rings. The third-order valence-electron chi connectivity index (χ3n) is 9.07.